The first kappa shape index (κ1) is 15.0. The number of H-pyrrole nitrogens is 1. The van der Waals surface area contributed by atoms with Gasteiger partial charge in [0.2, 0.25) is 0 Å². The summed E-state index contributed by atoms with van der Waals surface area (Å²) in [5, 5.41) is 3.18. The lowest BCUT2D eigenvalue weighted by molar-refractivity contribution is -0.0353. The highest BCUT2D eigenvalue weighted by molar-refractivity contribution is 5.45. The summed E-state index contributed by atoms with van der Waals surface area (Å²) in [6.45, 7) is 7.40. The highest BCUT2D eigenvalue weighted by Crippen LogP contribution is 2.24. The highest BCUT2D eigenvalue weighted by atomic mass is 16.5. The summed E-state index contributed by atoms with van der Waals surface area (Å²) in [6, 6.07) is 4.11. The average Bonchev–Trinajstić information content (AvgIpc) is 2.92. The number of imidazole rings is 1. The van der Waals surface area contributed by atoms with Crippen LogP contribution in [-0.2, 0) is 11.3 Å². The fraction of sp³-hybridized carbons (Fsp3) is 0.500. The SMILES string of the molecule is CNc1cc(C)nc(C2CN(Cc3nc[nH]c3C)CCO2)c1. The van der Waals surface area contributed by atoms with Gasteiger partial charge in [0.15, 0.2) is 0 Å². The minimum atomic E-state index is 0.0139. The van der Waals surface area contributed by atoms with E-state index < -0.39 is 0 Å². The molecule has 0 bridgehead atoms. The lowest BCUT2D eigenvalue weighted by Crippen LogP contribution is -2.38. The van der Waals surface area contributed by atoms with Gasteiger partial charge in [-0.15, -0.1) is 0 Å². The molecule has 0 saturated carbocycles. The van der Waals surface area contributed by atoms with Crippen molar-refractivity contribution in [2.75, 3.05) is 32.1 Å². The summed E-state index contributed by atoms with van der Waals surface area (Å²) in [6.07, 6.45) is 1.77. The van der Waals surface area contributed by atoms with Crippen LogP contribution in [0.25, 0.3) is 0 Å². The largest absolute Gasteiger partial charge is 0.388 e. The number of nitrogens with one attached hydrogen (secondary N) is 2. The van der Waals surface area contributed by atoms with E-state index in [-0.39, 0.29) is 6.10 Å². The second-order valence-corrected chi connectivity index (χ2v) is 5.74. The molecule has 2 aromatic rings. The lowest BCUT2D eigenvalue weighted by Gasteiger charge is -2.32. The third kappa shape index (κ3) is 3.28. The van der Waals surface area contributed by atoms with Crippen LogP contribution in [0, 0.1) is 13.8 Å². The molecule has 1 fully saturated rings. The van der Waals surface area contributed by atoms with E-state index in [1.54, 1.807) is 6.33 Å². The number of aromatic amines is 1. The fourth-order valence-corrected chi connectivity index (χ4v) is 2.79. The minimum absolute atomic E-state index is 0.0139. The summed E-state index contributed by atoms with van der Waals surface area (Å²) in [4.78, 5) is 14.5. The van der Waals surface area contributed by atoms with Crippen molar-refractivity contribution >= 4 is 5.69 Å². The smallest absolute Gasteiger partial charge is 0.112 e. The molecule has 1 aliphatic rings. The molecular formula is C16H23N5O. The predicted octanol–water partition coefficient (Wildman–Crippen LogP) is 2.04. The first-order chi connectivity index (χ1) is 10.7. The second kappa shape index (κ2) is 6.46. The van der Waals surface area contributed by atoms with Crippen LogP contribution in [0.5, 0.6) is 0 Å². The Kier molecular flexibility index (Phi) is 4.40. The Balaban J connectivity index is 1.73. The van der Waals surface area contributed by atoms with Crippen LogP contribution in [0.2, 0.25) is 0 Å². The quantitative estimate of drug-likeness (QED) is 0.904. The van der Waals surface area contributed by atoms with E-state index in [0.717, 1.165) is 54.7 Å². The van der Waals surface area contributed by atoms with E-state index in [2.05, 4.69) is 38.2 Å². The number of rotatable bonds is 4. The van der Waals surface area contributed by atoms with E-state index >= 15 is 0 Å². The van der Waals surface area contributed by atoms with Crippen LogP contribution >= 0.6 is 0 Å². The van der Waals surface area contributed by atoms with Gasteiger partial charge in [0.25, 0.3) is 0 Å². The molecule has 0 spiro atoms. The van der Waals surface area contributed by atoms with Gasteiger partial charge in [0.1, 0.15) is 6.10 Å². The fourth-order valence-electron chi connectivity index (χ4n) is 2.79. The number of hydrogen-bond donors (Lipinski definition) is 2. The van der Waals surface area contributed by atoms with Gasteiger partial charge in [-0.1, -0.05) is 0 Å². The molecule has 1 unspecified atom stereocenters. The predicted molar refractivity (Wildman–Crippen MR) is 85.8 cm³/mol. The monoisotopic (exact) mass is 301 g/mol. The van der Waals surface area contributed by atoms with Gasteiger partial charge >= 0.3 is 0 Å². The Bertz CT molecular complexity index is 639. The van der Waals surface area contributed by atoms with Gasteiger partial charge in [-0.3, -0.25) is 9.88 Å². The van der Waals surface area contributed by atoms with Crippen LogP contribution in [0.4, 0.5) is 5.69 Å². The molecule has 3 heterocycles. The number of aryl methyl sites for hydroxylation is 2. The van der Waals surface area contributed by atoms with Gasteiger partial charge in [0, 0.05) is 43.8 Å². The Morgan fingerprint density at radius 1 is 1.41 bits per heavy atom. The average molecular weight is 301 g/mol. The van der Waals surface area contributed by atoms with E-state index in [1.165, 1.54) is 0 Å². The van der Waals surface area contributed by atoms with Crippen molar-refractivity contribution in [1.29, 1.82) is 0 Å². The molecule has 0 aliphatic carbocycles. The van der Waals surface area contributed by atoms with Crippen molar-refractivity contribution in [3.63, 3.8) is 0 Å². The van der Waals surface area contributed by atoms with Crippen molar-refractivity contribution in [3.8, 4) is 0 Å². The summed E-state index contributed by atoms with van der Waals surface area (Å²) < 4.78 is 5.94. The molecule has 0 amide bonds. The Morgan fingerprint density at radius 3 is 3.00 bits per heavy atom. The number of pyridine rings is 1. The minimum Gasteiger partial charge on any atom is -0.388 e. The molecule has 2 aromatic heterocycles. The van der Waals surface area contributed by atoms with E-state index in [1.807, 2.05) is 20.0 Å². The van der Waals surface area contributed by atoms with Crippen molar-refractivity contribution in [1.82, 2.24) is 19.9 Å². The molecule has 0 radical (unpaired) electrons. The van der Waals surface area contributed by atoms with E-state index in [9.17, 15) is 0 Å². The van der Waals surface area contributed by atoms with Gasteiger partial charge < -0.3 is 15.0 Å². The van der Waals surface area contributed by atoms with Crippen molar-refractivity contribution in [2.24, 2.45) is 0 Å². The molecule has 1 saturated heterocycles. The zero-order valence-corrected chi connectivity index (χ0v) is 13.4. The molecule has 6 heteroatoms. The topological polar surface area (TPSA) is 66.1 Å². The molecule has 22 heavy (non-hydrogen) atoms. The third-order valence-electron chi connectivity index (χ3n) is 4.05. The van der Waals surface area contributed by atoms with Crippen LogP contribution < -0.4 is 5.32 Å². The Morgan fingerprint density at radius 2 is 2.27 bits per heavy atom. The van der Waals surface area contributed by atoms with Crippen LogP contribution in [0.15, 0.2) is 18.5 Å². The molecule has 1 aliphatic heterocycles. The Labute approximate surface area is 130 Å². The maximum Gasteiger partial charge on any atom is 0.112 e. The first-order valence-corrected chi connectivity index (χ1v) is 7.65. The number of morpholine rings is 1. The molecule has 2 N–H and O–H groups in total. The number of hydrogen-bond acceptors (Lipinski definition) is 5. The summed E-state index contributed by atoms with van der Waals surface area (Å²) in [5.74, 6) is 0. The Hall–Kier alpha value is -1.92. The summed E-state index contributed by atoms with van der Waals surface area (Å²) in [7, 11) is 1.92. The van der Waals surface area contributed by atoms with Crippen LogP contribution in [0.3, 0.4) is 0 Å². The maximum atomic E-state index is 5.94. The highest BCUT2D eigenvalue weighted by Gasteiger charge is 2.24. The van der Waals surface area contributed by atoms with Crippen molar-refractivity contribution in [3.05, 3.63) is 41.2 Å². The van der Waals surface area contributed by atoms with Gasteiger partial charge in [0.05, 0.1) is 24.3 Å². The number of aromatic nitrogens is 3. The van der Waals surface area contributed by atoms with Crippen LogP contribution in [-0.4, -0.2) is 46.6 Å². The van der Waals surface area contributed by atoms with Gasteiger partial charge in [-0.05, 0) is 26.0 Å². The van der Waals surface area contributed by atoms with Gasteiger partial charge in [-0.2, -0.15) is 0 Å². The van der Waals surface area contributed by atoms with Crippen molar-refractivity contribution < 1.29 is 4.74 Å². The van der Waals surface area contributed by atoms with E-state index in [0.29, 0.717) is 0 Å². The molecule has 6 nitrogen and oxygen atoms in total. The normalized spacial score (nSPS) is 19.3. The molecule has 0 aromatic carbocycles. The molecular weight excluding hydrogens is 278 g/mol. The zero-order valence-electron chi connectivity index (χ0n) is 13.4. The molecule has 3 rings (SSSR count). The molecule has 1 atom stereocenters. The number of anilines is 1. The standard InChI is InChI=1S/C16H23N5O/c1-11-6-13(17-3)7-14(20-11)16-9-21(4-5-22-16)8-15-12(2)18-10-19-15/h6-7,10,16H,4-5,8-9H2,1-3H3,(H,17,20)(H,18,19). The maximum absolute atomic E-state index is 5.94. The van der Waals surface area contributed by atoms with Gasteiger partial charge in [-0.25, -0.2) is 4.98 Å². The van der Waals surface area contributed by atoms with E-state index in [4.69, 9.17) is 4.74 Å². The van der Waals surface area contributed by atoms with Crippen LogP contribution in [0.1, 0.15) is 28.9 Å². The first-order valence-electron chi connectivity index (χ1n) is 7.65. The second-order valence-electron chi connectivity index (χ2n) is 5.74. The zero-order chi connectivity index (χ0) is 15.5. The third-order valence-corrected chi connectivity index (χ3v) is 4.05. The molecule has 118 valence electrons. The number of nitrogens with zero attached hydrogens (tertiary/aromatic N) is 3. The number of ether oxygens (including phenoxy) is 1. The summed E-state index contributed by atoms with van der Waals surface area (Å²) >= 11 is 0. The van der Waals surface area contributed by atoms with Crippen molar-refractivity contribution in [2.45, 2.75) is 26.5 Å². The lowest BCUT2D eigenvalue weighted by atomic mass is 10.1. The summed E-state index contributed by atoms with van der Waals surface area (Å²) in [5.41, 5.74) is 5.31.